The van der Waals surface area contributed by atoms with Crippen molar-refractivity contribution in [1.29, 1.82) is 0 Å². The van der Waals surface area contributed by atoms with Gasteiger partial charge in [-0.25, -0.2) is 9.25 Å². The first-order valence-electron chi connectivity index (χ1n) is 13.9. The topological polar surface area (TPSA) is 155 Å². The summed E-state index contributed by atoms with van der Waals surface area (Å²) in [4.78, 5) is 10.2. The van der Waals surface area contributed by atoms with Gasteiger partial charge in [0.15, 0.2) is 0 Å². The molecule has 2 aliphatic heterocycles. The first kappa shape index (κ1) is 28.6. The Balaban J connectivity index is 1.10. The van der Waals surface area contributed by atoms with Crippen LogP contribution >= 0.6 is 7.82 Å². The molecule has 0 spiro atoms. The van der Waals surface area contributed by atoms with Crippen molar-refractivity contribution < 1.29 is 42.9 Å². The number of fused-ring (bicyclic) bond motifs is 2. The van der Waals surface area contributed by atoms with Crippen molar-refractivity contribution in [3.05, 3.63) is 11.4 Å². The van der Waals surface area contributed by atoms with E-state index in [0.29, 0.717) is 24.2 Å². The molecule has 12 nitrogen and oxygen atoms in total. The highest BCUT2D eigenvalue weighted by atomic mass is 31.2. The highest BCUT2D eigenvalue weighted by molar-refractivity contribution is 7.47. The van der Waals surface area contributed by atoms with Crippen LogP contribution in [0.1, 0.15) is 63.9 Å². The maximum Gasteiger partial charge on any atom is 0.472 e. The smallest absolute Gasteiger partial charge is 0.388 e. The zero-order valence-electron chi connectivity index (χ0n) is 22.6. The van der Waals surface area contributed by atoms with Crippen LogP contribution in [0, 0.1) is 17.8 Å². The molecule has 1 aromatic rings. The highest BCUT2D eigenvalue weighted by Gasteiger charge is 2.50. The normalized spacial score (nSPS) is 42.2. The maximum atomic E-state index is 12.4. The lowest BCUT2D eigenvalue weighted by atomic mass is 9.99. The van der Waals surface area contributed by atoms with E-state index in [9.17, 15) is 19.7 Å². The first-order valence-corrected chi connectivity index (χ1v) is 15.4. The number of rotatable bonds is 10. The largest absolute Gasteiger partial charge is 0.472 e. The monoisotopic (exact) mass is 559 g/mol. The number of hydrogen-bond acceptors (Lipinski definition) is 10. The summed E-state index contributed by atoms with van der Waals surface area (Å²) in [6.45, 7) is 5.63. The predicted molar refractivity (Wildman–Crippen MR) is 134 cm³/mol. The van der Waals surface area contributed by atoms with Crippen molar-refractivity contribution in [2.75, 3.05) is 20.3 Å². The molecule has 0 amide bonds. The minimum atomic E-state index is -4.26. The summed E-state index contributed by atoms with van der Waals surface area (Å²) in [5, 5.41) is 29.8. The Hall–Kier alpha value is -0.950. The average molecular weight is 560 g/mol. The van der Waals surface area contributed by atoms with Gasteiger partial charge in [-0.3, -0.25) is 9.05 Å². The zero-order valence-corrected chi connectivity index (χ0v) is 23.5. The van der Waals surface area contributed by atoms with Crippen LogP contribution in [0.4, 0.5) is 0 Å². The molecule has 12 atom stereocenters. The fourth-order valence-electron chi connectivity index (χ4n) is 6.93. The summed E-state index contributed by atoms with van der Waals surface area (Å²) in [5.74, 6) is 1.49. The number of ether oxygens (including phenoxy) is 3. The second kappa shape index (κ2) is 11.5. The Kier molecular flexibility index (Phi) is 8.65. The minimum absolute atomic E-state index is 0.129. The van der Waals surface area contributed by atoms with Gasteiger partial charge >= 0.3 is 7.82 Å². The van der Waals surface area contributed by atoms with Crippen LogP contribution < -0.4 is 0 Å². The summed E-state index contributed by atoms with van der Waals surface area (Å²) < 4.78 is 41.5. The molecule has 2 saturated heterocycles. The number of nitrogens with zero attached hydrogens (tertiary/aromatic N) is 3. The molecule has 0 bridgehead atoms. The summed E-state index contributed by atoms with van der Waals surface area (Å²) in [5.41, 5.74) is 2.10. The third kappa shape index (κ3) is 5.62. The molecule has 0 radical (unpaired) electrons. The number of aromatic nitrogens is 3. The van der Waals surface area contributed by atoms with Gasteiger partial charge in [-0.1, -0.05) is 12.1 Å². The van der Waals surface area contributed by atoms with Gasteiger partial charge in [0.1, 0.15) is 30.5 Å². The molecule has 3 N–H and O–H groups in total. The second-order valence-corrected chi connectivity index (χ2v) is 12.7. The number of aryl methyl sites for hydroxylation is 1. The van der Waals surface area contributed by atoms with Crippen molar-refractivity contribution >= 4 is 7.82 Å². The summed E-state index contributed by atoms with van der Waals surface area (Å²) in [6.07, 6.45) is 1.61. The number of phosphoric ester groups is 1. The van der Waals surface area contributed by atoms with Gasteiger partial charge in [-0.2, -0.15) is 0 Å². The summed E-state index contributed by atoms with van der Waals surface area (Å²) in [7, 11) is -2.80. The summed E-state index contributed by atoms with van der Waals surface area (Å²) in [6, 6.07) is -0.228. The number of aliphatic hydroxyl groups is 2. The molecule has 3 unspecified atom stereocenters. The molecule has 13 heteroatoms. The van der Waals surface area contributed by atoms with Crippen molar-refractivity contribution in [3.8, 4) is 0 Å². The zero-order chi connectivity index (χ0) is 27.2. The van der Waals surface area contributed by atoms with E-state index in [2.05, 4.69) is 10.3 Å². The van der Waals surface area contributed by atoms with Gasteiger partial charge in [-0.05, 0) is 70.1 Å². The molecule has 3 heterocycles. The van der Waals surface area contributed by atoms with Gasteiger partial charge in [0.25, 0.3) is 0 Å². The lowest BCUT2D eigenvalue weighted by Gasteiger charge is -2.21. The first-order chi connectivity index (χ1) is 18.1. The molecule has 3 fully saturated rings. The molecule has 216 valence electrons. The average Bonchev–Trinajstić information content (AvgIpc) is 3.08. The molecule has 5 rings (SSSR count). The Morgan fingerprint density at radius 2 is 1.76 bits per heavy atom. The predicted octanol–water partition coefficient (Wildman–Crippen LogP) is 1.81. The Morgan fingerprint density at radius 3 is 2.45 bits per heavy atom. The van der Waals surface area contributed by atoms with Gasteiger partial charge in [-0.15, -0.1) is 5.10 Å². The molecule has 4 aliphatic rings. The standard InChI is InChI=1S/C25H42N3O9P/c1-5-20-24(30)22(13(2)36-20)28-19-9-7-16-15(6-8-18(19)26-27-28)17(16)10-11-34-38(31,32)35-12-21-25(33-4)23(29)14(3)37-21/h13-17,20-25,29-30H,5-12H2,1-4H3,(H,31,32)/t13-,14-,15+,16-,17-,20+,21+,22+,23+,24?,25?/m0/s1. The van der Waals surface area contributed by atoms with E-state index in [1.165, 1.54) is 7.11 Å². The van der Waals surface area contributed by atoms with E-state index in [0.717, 1.165) is 43.5 Å². The molecular weight excluding hydrogens is 517 g/mol. The van der Waals surface area contributed by atoms with Gasteiger partial charge in [0.2, 0.25) is 0 Å². The van der Waals surface area contributed by atoms with Crippen molar-refractivity contribution in [2.24, 2.45) is 17.8 Å². The van der Waals surface area contributed by atoms with E-state index >= 15 is 0 Å². The van der Waals surface area contributed by atoms with Crippen LogP contribution in [0.3, 0.4) is 0 Å². The van der Waals surface area contributed by atoms with Crippen molar-refractivity contribution in [1.82, 2.24) is 15.0 Å². The fraction of sp³-hybridized carbons (Fsp3) is 0.920. The van der Waals surface area contributed by atoms with Gasteiger partial charge in [0, 0.05) is 7.11 Å². The maximum absolute atomic E-state index is 12.4. The summed E-state index contributed by atoms with van der Waals surface area (Å²) >= 11 is 0. The Morgan fingerprint density at radius 1 is 1.05 bits per heavy atom. The van der Waals surface area contributed by atoms with Crippen molar-refractivity contribution in [2.45, 2.75) is 108 Å². The Labute approximate surface area is 223 Å². The third-order valence-corrected chi connectivity index (χ3v) is 10.0. The molecule has 2 aliphatic carbocycles. The highest BCUT2D eigenvalue weighted by Crippen LogP contribution is 2.55. The van der Waals surface area contributed by atoms with Crippen LogP contribution in [0.15, 0.2) is 0 Å². The Bertz CT molecular complexity index is 1010. The molecule has 0 aromatic carbocycles. The van der Waals surface area contributed by atoms with Crippen LogP contribution in [-0.4, -0.2) is 93.2 Å². The van der Waals surface area contributed by atoms with Crippen LogP contribution in [0.2, 0.25) is 0 Å². The number of methoxy groups -OCH3 is 1. The van der Waals surface area contributed by atoms with Gasteiger partial charge < -0.3 is 29.3 Å². The SMILES string of the molecule is CC[C@H]1O[C@@H](C)[C@@H](n2nnc3c2CC[C@@H]2[C@@H](CCOP(=O)(O)OC[C@H]4O[C@@H](C)[C@@H](O)C4OC)[C@@H]2CC3)C1O. The second-order valence-electron chi connectivity index (χ2n) is 11.2. The van der Waals surface area contributed by atoms with E-state index in [-0.39, 0.29) is 31.5 Å². The molecule has 1 aromatic heterocycles. The van der Waals surface area contributed by atoms with E-state index < -0.39 is 38.3 Å². The van der Waals surface area contributed by atoms with Gasteiger partial charge in [0.05, 0.1) is 42.9 Å². The quantitative estimate of drug-likeness (QED) is 0.360. The lowest BCUT2D eigenvalue weighted by Crippen LogP contribution is -2.35. The molecule has 1 saturated carbocycles. The third-order valence-electron chi connectivity index (χ3n) is 9.05. The number of hydrogen-bond donors (Lipinski definition) is 3. The minimum Gasteiger partial charge on any atom is -0.388 e. The number of aliphatic hydroxyl groups excluding tert-OH is 2. The van der Waals surface area contributed by atoms with Crippen LogP contribution in [0.5, 0.6) is 0 Å². The van der Waals surface area contributed by atoms with Crippen molar-refractivity contribution in [3.63, 3.8) is 0 Å². The van der Waals surface area contributed by atoms with Crippen LogP contribution in [0.25, 0.3) is 0 Å². The van der Waals surface area contributed by atoms with Crippen LogP contribution in [-0.2, 0) is 40.7 Å². The van der Waals surface area contributed by atoms with E-state index in [4.69, 9.17) is 23.3 Å². The van der Waals surface area contributed by atoms with E-state index in [1.807, 2.05) is 18.5 Å². The molecular formula is C25H42N3O9P. The van der Waals surface area contributed by atoms with E-state index in [1.54, 1.807) is 6.92 Å². The fourth-order valence-corrected chi connectivity index (χ4v) is 7.67. The molecule has 38 heavy (non-hydrogen) atoms. The number of phosphoric acid groups is 1. The lowest BCUT2D eigenvalue weighted by molar-refractivity contribution is -0.0354.